The summed E-state index contributed by atoms with van der Waals surface area (Å²) < 4.78 is 13.6. The van der Waals surface area contributed by atoms with Gasteiger partial charge in [-0.15, -0.1) is 0 Å². The minimum Gasteiger partial charge on any atom is -0.366 e. The molecular weight excluding hydrogens is 305 g/mol. The van der Waals surface area contributed by atoms with E-state index in [1.165, 1.54) is 12.1 Å². The van der Waals surface area contributed by atoms with E-state index in [9.17, 15) is 14.5 Å². The first-order valence-corrected chi connectivity index (χ1v) is 6.42. The zero-order valence-corrected chi connectivity index (χ0v) is 11.2. The van der Waals surface area contributed by atoms with Gasteiger partial charge in [0.15, 0.2) is 0 Å². The summed E-state index contributed by atoms with van der Waals surface area (Å²) in [4.78, 5) is 12.3. The van der Waals surface area contributed by atoms with Crippen LogP contribution in [0.15, 0.2) is 16.6 Å². The molecule has 1 heterocycles. The van der Waals surface area contributed by atoms with Crippen molar-refractivity contribution in [3.63, 3.8) is 0 Å². The Morgan fingerprint density at radius 1 is 1.44 bits per heavy atom. The van der Waals surface area contributed by atoms with Crippen LogP contribution in [0.3, 0.4) is 0 Å². The SMILES string of the molecule is NC1CCN(c2cc(F)c(Br)cc2[N+](=O)[O-])CC1. The van der Waals surface area contributed by atoms with Gasteiger partial charge in [0.05, 0.1) is 9.40 Å². The molecule has 0 bridgehead atoms. The van der Waals surface area contributed by atoms with Crippen molar-refractivity contribution in [1.29, 1.82) is 0 Å². The fourth-order valence-electron chi connectivity index (χ4n) is 2.07. The van der Waals surface area contributed by atoms with Crippen molar-refractivity contribution >= 4 is 27.3 Å². The van der Waals surface area contributed by atoms with Crippen LogP contribution < -0.4 is 10.6 Å². The van der Waals surface area contributed by atoms with Crippen LogP contribution in [-0.4, -0.2) is 24.1 Å². The van der Waals surface area contributed by atoms with Gasteiger partial charge in [-0.05, 0) is 28.8 Å². The van der Waals surface area contributed by atoms with E-state index in [1.807, 2.05) is 4.90 Å². The lowest BCUT2D eigenvalue weighted by atomic mass is 10.1. The van der Waals surface area contributed by atoms with Crippen molar-refractivity contribution < 1.29 is 9.31 Å². The first kappa shape index (κ1) is 13.2. The van der Waals surface area contributed by atoms with Crippen molar-refractivity contribution in [2.24, 2.45) is 5.73 Å². The fourth-order valence-corrected chi connectivity index (χ4v) is 2.40. The summed E-state index contributed by atoms with van der Waals surface area (Å²) >= 11 is 2.96. The van der Waals surface area contributed by atoms with Gasteiger partial charge in [0, 0.05) is 31.3 Å². The van der Waals surface area contributed by atoms with Gasteiger partial charge in [0.2, 0.25) is 0 Å². The molecule has 2 rings (SSSR count). The van der Waals surface area contributed by atoms with Crippen molar-refractivity contribution in [2.45, 2.75) is 18.9 Å². The molecule has 0 radical (unpaired) electrons. The minimum atomic E-state index is -0.495. The summed E-state index contributed by atoms with van der Waals surface area (Å²) in [6, 6.07) is 2.54. The van der Waals surface area contributed by atoms with Crippen LogP contribution in [0.25, 0.3) is 0 Å². The van der Waals surface area contributed by atoms with Gasteiger partial charge in [-0.3, -0.25) is 10.1 Å². The van der Waals surface area contributed by atoms with Crippen LogP contribution in [0.5, 0.6) is 0 Å². The Hall–Kier alpha value is -1.21. The molecule has 2 N–H and O–H groups in total. The number of nitro benzene ring substituents is 1. The lowest BCUT2D eigenvalue weighted by Gasteiger charge is -2.31. The molecule has 0 unspecified atom stereocenters. The highest BCUT2D eigenvalue weighted by molar-refractivity contribution is 9.10. The van der Waals surface area contributed by atoms with Gasteiger partial charge in [-0.2, -0.15) is 0 Å². The topological polar surface area (TPSA) is 72.4 Å². The monoisotopic (exact) mass is 317 g/mol. The van der Waals surface area contributed by atoms with Gasteiger partial charge >= 0.3 is 0 Å². The third-order valence-corrected chi connectivity index (χ3v) is 3.70. The van der Waals surface area contributed by atoms with E-state index in [0.29, 0.717) is 18.8 Å². The number of piperidine rings is 1. The third-order valence-electron chi connectivity index (χ3n) is 3.09. The summed E-state index contributed by atoms with van der Waals surface area (Å²) in [5.74, 6) is -0.495. The zero-order chi connectivity index (χ0) is 13.3. The molecule has 0 aromatic heterocycles. The van der Waals surface area contributed by atoms with E-state index in [-0.39, 0.29) is 16.2 Å². The zero-order valence-electron chi connectivity index (χ0n) is 9.60. The molecule has 1 saturated heterocycles. The summed E-state index contributed by atoms with van der Waals surface area (Å²) in [6.07, 6.45) is 1.52. The normalized spacial score (nSPS) is 16.9. The van der Waals surface area contributed by atoms with E-state index < -0.39 is 10.7 Å². The number of halogens is 2. The minimum absolute atomic E-state index is 0.0845. The molecule has 1 fully saturated rings. The Kier molecular flexibility index (Phi) is 3.82. The number of hydrogen-bond donors (Lipinski definition) is 1. The van der Waals surface area contributed by atoms with Crippen molar-refractivity contribution in [3.8, 4) is 0 Å². The molecule has 98 valence electrons. The van der Waals surface area contributed by atoms with E-state index >= 15 is 0 Å². The molecule has 1 aliphatic heterocycles. The maximum atomic E-state index is 13.5. The second-order valence-corrected chi connectivity index (χ2v) is 5.19. The number of nitrogens with two attached hydrogens (primary N) is 1. The maximum Gasteiger partial charge on any atom is 0.293 e. The Bertz CT molecular complexity index is 476. The number of nitro groups is 1. The number of nitrogens with zero attached hydrogens (tertiary/aromatic N) is 2. The quantitative estimate of drug-likeness (QED) is 0.671. The average molecular weight is 318 g/mol. The standard InChI is InChI=1S/C11H13BrFN3O2/c12-8-5-11(16(17)18)10(6-9(8)13)15-3-1-7(14)2-4-15/h5-7H,1-4,14H2. The van der Waals surface area contributed by atoms with Crippen LogP contribution in [-0.2, 0) is 0 Å². The molecule has 1 aromatic carbocycles. The average Bonchev–Trinajstić information content (AvgIpc) is 2.33. The largest absolute Gasteiger partial charge is 0.366 e. The highest BCUT2D eigenvalue weighted by Gasteiger charge is 2.25. The smallest absolute Gasteiger partial charge is 0.293 e. The second kappa shape index (κ2) is 5.19. The molecule has 0 atom stereocenters. The highest BCUT2D eigenvalue weighted by Crippen LogP contribution is 2.34. The van der Waals surface area contributed by atoms with E-state index in [4.69, 9.17) is 5.73 Å². The summed E-state index contributed by atoms with van der Waals surface area (Å²) in [5, 5.41) is 11.0. The number of hydrogen-bond acceptors (Lipinski definition) is 4. The number of benzene rings is 1. The fraction of sp³-hybridized carbons (Fsp3) is 0.455. The third kappa shape index (κ3) is 2.62. The van der Waals surface area contributed by atoms with Gasteiger partial charge in [-0.25, -0.2) is 4.39 Å². The summed E-state index contributed by atoms with van der Waals surface area (Å²) in [7, 11) is 0. The maximum absolute atomic E-state index is 13.5. The molecule has 5 nitrogen and oxygen atoms in total. The molecule has 7 heteroatoms. The second-order valence-electron chi connectivity index (χ2n) is 4.34. The molecular formula is C11H13BrFN3O2. The molecule has 0 amide bonds. The number of rotatable bonds is 2. The lowest BCUT2D eigenvalue weighted by molar-refractivity contribution is -0.384. The predicted molar refractivity (Wildman–Crippen MR) is 70.2 cm³/mol. The number of anilines is 1. The van der Waals surface area contributed by atoms with Gasteiger partial charge in [0.25, 0.3) is 5.69 Å². The van der Waals surface area contributed by atoms with Crippen LogP contribution >= 0.6 is 15.9 Å². The van der Waals surface area contributed by atoms with Crippen LogP contribution in [0.2, 0.25) is 0 Å². The van der Waals surface area contributed by atoms with Crippen molar-refractivity contribution in [1.82, 2.24) is 0 Å². The van der Waals surface area contributed by atoms with Crippen molar-refractivity contribution in [2.75, 3.05) is 18.0 Å². The molecule has 0 spiro atoms. The van der Waals surface area contributed by atoms with E-state index in [2.05, 4.69) is 15.9 Å². The van der Waals surface area contributed by atoms with Gasteiger partial charge < -0.3 is 10.6 Å². The predicted octanol–water partition coefficient (Wildman–Crippen LogP) is 2.42. The first-order chi connectivity index (χ1) is 8.49. The summed E-state index contributed by atoms with van der Waals surface area (Å²) in [6.45, 7) is 1.23. The van der Waals surface area contributed by atoms with E-state index in [1.54, 1.807) is 0 Å². The van der Waals surface area contributed by atoms with Crippen molar-refractivity contribution in [3.05, 3.63) is 32.5 Å². The van der Waals surface area contributed by atoms with Gasteiger partial charge in [0.1, 0.15) is 11.5 Å². The lowest BCUT2D eigenvalue weighted by Crippen LogP contribution is -2.39. The van der Waals surface area contributed by atoms with Crippen LogP contribution in [0, 0.1) is 15.9 Å². The molecule has 1 aliphatic rings. The van der Waals surface area contributed by atoms with Crippen LogP contribution in [0.1, 0.15) is 12.8 Å². The molecule has 0 aliphatic carbocycles. The van der Waals surface area contributed by atoms with E-state index in [0.717, 1.165) is 12.8 Å². The Morgan fingerprint density at radius 3 is 2.61 bits per heavy atom. The van der Waals surface area contributed by atoms with Gasteiger partial charge in [-0.1, -0.05) is 0 Å². The Balaban J connectivity index is 2.36. The Morgan fingerprint density at radius 2 is 2.06 bits per heavy atom. The Labute approximate surface area is 112 Å². The molecule has 18 heavy (non-hydrogen) atoms. The van der Waals surface area contributed by atoms with Crippen LogP contribution in [0.4, 0.5) is 15.8 Å². The molecule has 1 aromatic rings. The first-order valence-electron chi connectivity index (χ1n) is 5.63. The summed E-state index contributed by atoms with van der Waals surface area (Å²) in [5.41, 5.74) is 6.03. The highest BCUT2D eigenvalue weighted by atomic mass is 79.9. The molecule has 0 saturated carbocycles.